The molecule has 0 saturated carbocycles. The second kappa shape index (κ2) is 5.54. The molecule has 1 aliphatic rings. The van der Waals surface area contributed by atoms with Gasteiger partial charge in [0.25, 0.3) is 6.29 Å². The molecule has 6 heteroatoms. The molecule has 20 heavy (non-hydrogen) atoms. The Morgan fingerprint density at radius 1 is 1.55 bits per heavy atom. The molecule has 0 spiro atoms. The van der Waals surface area contributed by atoms with E-state index in [1.807, 2.05) is 6.92 Å². The minimum Gasteiger partial charge on any atom is -0.454 e. The van der Waals surface area contributed by atoms with E-state index in [9.17, 15) is 9.59 Å². The van der Waals surface area contributed by atoms with Gasteiger partial charge in [0, 0.05) is 11.1 Å². The maximum atomic E-state index is 12.1. The fourth-order valence-electron chi connectivity index (χ4n) is 1.94. The third kappa shape index (κ3) is 2.77. The first kappa shape index (κ1) is 14.4. The Labute approximate surface area is 120 Å². The molecule has 2 rings (SSSR count). The Bertz CT molecular complexity index is 593. The lowest BCUT2D eigenvalue weighted by Gasteiger charge is -2.08. The molecule has 1 aliphatic heterocycles. The lowest BCUT2D eigenvalue weighted by Crippen LogP contribution is -2.20. The van der Waals surface area contributed by atoms with Crippen LogP contribution in [0.4, 0.5) is 4.79 Å². The zero-order chi connectivity index (χ0) is 14.9. The molecule has 1 aromatic carbocycles. The van der Waals surface area contributed by atoms with Gasteiger partial charge in [-0.3, -0.25) is 4.79 Å². The number of carbonyl (C=O) groups is 2. The molecule has 1 N–H and O–H groups in total. The summed E-state index contributed by atoms with van der Waals surface area (Å²) >= 11 is 6.06. The zero-order valence-corrected chi connectivity index (χ0v) is 11.6. The highest BCUT2D eigenvalue weighted by Crippen LogP contribution is 2.35. The Morgan fingerprint density at radius 2 is 2.25 bits per heavy atom. The van der Waals surface area contributed by atoms with Crippen molar-refractivity contribution in [3.63, 3.8) is 0 Å². The number of rotatable bonds is 4. The molecule has 0 fully saturated rings. The number of ether oxygens (including phenoxy) is 2. The first-order valence-corrected chi connectivity index (χ1v) is 6.41. The Kier molecular flexibility index (Phi) is 3.99. The minimum absolute atomic E-state index is 0.220. The molecule has 106 valence electrons. The average molecular weight is 297 g/mol. The summed E-state index contributed by atoms with van der Waals surface area (Å²) in [6.45, 7) is 5.53. The zero-order valence-electron chi connectivity index (χ0n) is 10.8. The van der Waals surface area contributed by atoms with Crippen LogP contribution >= 0.6 is 11.6 Å². The smallest absolute Gasteiger partial charge is 0.454 e. The van der Waals surface area contributed by atoms with Gasteiger partial charge in [-0.2, -0.15) is 0 Å². The normalized spacial score (nSPS) is 16.2. The molecule has 0 aliphatic carbocycles. The van der Waals surface area contributed by atoms with Gasteiger partial charge in [0.1, 0.15) is 5.75 Å². The van der Waals surface area contributed by atoms with Gasteiger partial charge < -0.3 is 14.6 Å². The van der Waals surface area contributed by atoms with E-state index < -0.39 is 12.4 Å². The first-order chi connectivity index (χ1) is 9.42. The molecule has 1 heterocycles. The van der Waals surface area contributed by atoms with Crippen molar-refractivity contribution in [2.45, 2.75) is 26.1 Å². The summed E-state index contributed by atoms with van der Waals surface area (Å²) in [6, 6.07) is 3.10. The summed E-state index contributed by atoms with van der Waals surface area (Å²) in [7, 11) is 0. The minimum atomic E-state index is -1.41. The molecular formula is C14H13ClO5. The summed E-state index contributed by atoms with van der Waals surface area (Å²) in [4.78, 5) is 22.6. The number of carbonyl (C=O) groups excluding carboxylic acids is 1. The van der Waals surface area contributed by atoms with Crippen LogP contribution in [0.25, 0.3) is 0 Å². The van der Waals surface area contributed by atoms with Crippen LogP contribution in [-0.2, 0) is 11.2 Å². The number of halogens is 1. The monoisotopic (exact) mass is 296 g/mol. The number of hydrogen-bond donors (Lipinski definition) is 1. The fraction of sp³-hybridized carbons (Fsp3) is 0.286. The number of fused-ring (bicyclic) bond motifs is 1. The van der Waals surface area contributed by atoms with Crippen LogP contribution in [0.15, 0.2) is 24.3 Å². The van der Waals surface area contributed by atoms with Gasteiger partial charge >= 0.3 is 6.16 Å². The molecule has 0 bridgehead atoms. The average Bonchev–Trinajstić information content (AvgIpc) is 2.76. The highest BCUT2D eigenvalue weighted by molar-refractivity contribution is 6.35. The molecule has 0 aromatic heterocycles. The number of hydrogen-bond acceptors (Lipinski definition) is 4. The van der Waals surface area contributed by atoms with Crippen LogP contribution in [0.3, 0.4) is 0 Å². The van der Waals surface area contributed by atoms with Gasteiger partial charge in [0.05, 0.1) is 11.4 Å². The lowest BCUT2D eigenvalue weighted by atomic mass is 10.00. The van der Waals surface area contributed by atoms with E-state index in [1.165, 1.54) is 6.07 Å². The van der Waals surface area contributed by atoms with Crippen molar-refractivity contribution in [2.75, 3.05) is 0 Å². The standard InChI is InChI=1S/C14H13ClO5/c1-3-7(2)13(16)9-4-8-5-12(20-14(17)18)19-11(8)6-10(9)15/h4,6,12H,2-3,5H2,1H3,(H,17,18). The van der Waals surface area contributed by atoms with Crippen LogP contribution < -0.4 is 4.74 Å². The Balaban J connectivity index is 2.28. The van der Waals surface area contributed by atoms with Crippen molar-refractivity contribution in [1.82, 2.24) is 0 Å². The van der Waals surface area contributed by atoms with Gasteiger partial charge in [0.15, 0.2) is 5.78 Å². The number of benzene rings is 1. The quantitative estimate of drug-likeness (QED) is 0.523. The predicted octanol–water partition coefficient (Wildman–Crippen LogP) is 3.44. The maximum absolute atomic E-state index is 12.1. The molecular weight excluding hydrogens is 284 g/mol. The molecule has 0 amide bonds. The molecule has 1 aromatic rings. The summed E-state index contributed by atoms with van der Waals surface area (Å²) < 4.78 is 9.85. The second-order valence-electron chi connectivity index (χ2n) is 4.36. The largest absolute Gasteiger partial charge is 0.508 e. The van der Waals surface area contributed by atoms with Crippen molar-refractivity contribution >= 4 is 23.5 Å². The van der Waals surface area contributed by atoms with Gasteiger partial charge in [-0.05, 0) is 24.1 Å². The van der Waals surface area contributed by atoms with Gasteiger partial charge in [-0.25, -0.2) is 4.79 Å². The van der Waals surface area contributed by atoms with Gasteiger partial charge in [-0.15, -0.1) is 0 Å². The van der Waals surface area contributed by atoms with Crippen LogP contribution in [0.1, 0.15) is 29.3 Å². The third-order valence-electron chi connectivity index (χ3n) is 3.02. The van der Waals surface area contributed by atoms with E-state index >= 15 is 0 Å². The predicted molar refractivity (Wildman–Crippen MR) is 72.4 cm³/mol. The SMILES string of the molecule is C=C(CC)C(=O)c1cc2c(cc1Cl)OC(OC(=O)O)C2. The lowest BCUT2D eigenvalue weighted by molar-refractivity contribution is -0.0393. The van der Waals surface area contributed by atoms with Gasteiger partial charge in [0.2, 0.25) is 0 Å². The van der Waals surface area contributed by atoms with E-state index in [-0.39, 0.29) is 17.2 Å². The number of Topliss-reactive ketones (excluding diaryl/α,β-unsaturated/α-hetero) is 1. The van der Waals surface area contributed by atoms with E-state index in [1.54, 1.807) is 6.07 Å². The molecule has 5 nitrogen and oxygen atoms in total. The van der Waals surface area contributed by atoms with Crippen LogP contribution in [0, 0.1) is 0 Å². The van der Waals surface area contributed by atoms with Crippen LogP contribution in [0.5, 0.6) is 5.75 Å². The number of carboxylic acid groups (broad SMARTS) is 1. The van der Waals surface area contributed by atoms with Crippen molar-refractivity contribution in [1.29, 1.82) is 0 Å². The summed E-state index contributed by atoms with van der Waals surface area (Å²) in [5.74, 6) is 0.211. The highest BCUT2D eigenvalue weighted by atomic mass is 35.5. The summed E-state index contributed by atoms with van der Waals surface area (Å²) in [5, 5.41) is 8.81. The van der Waals surface area contributed by atoms with Crippen LogP contribution in [0.2, 0.25) is 5.02 Å². The molecule has 0 radical (unpaired) electrons. The topological polar surface area (TPSA) is 72.8 Å². The Morgan fingerprint density at radius 3 is 2.85 bits per heavy atom. The van der Waals surface area contributed by atoms with E-state index in [0.717, 1.165) is 0 Å². The number of allylic oxidation sites excluding steroid dienone is 1. The third-order valence-corrected chi connectivity index (χ3v) is 3.33. The van der Waals surface area contributed by atoms with Crippen molar-refractivity contribution in [2.24, 2.45) is 0 Å². The van der Waals surface area contributed by atoms with E-state index in [0.29, 0.717) is 28.9 Å². The van der Waals surface area contributed by atoms with Crippen molar-refractivity contribution in [3.05, 3.63) is 40.4 Å². The molecule has 1 unspecified atom stereocenters. The molecule has 0 saturated heterocycles. The first-order valence-electron chi connectivity index (χ1n) is 6.03. The maximum Gasteiger partial charge on any atom is 0.508 e. The van der Waals surface area contributed by atoms with E-state index in [4.69, 9.17) is 21.4 Å². The highest BCUT2D eigenvalue weighted by Gasteiger charge is 2.28. The van der Waals surface area contributed by atoms with Crippen LogP contribution in [-0.4, -0.2) is 23.3 Å². The second-order valence-corrected chi connectivity index (χ2v) is 4.77. The Hall–Kier alpha value is -2.01. The fourth-order valence-corrected chi connectivity index (χ4v) is 2.17. The van der Waals surface area contributed by atoms with Crippen molar-refractivity contribution in [3.8, 4) is 5.75 Å². The summed E-state index contributed by atoms with van der Waals surface area (Å²) in [5.41, 5.74) is 1.49. The van der Waals surface area contributed by atoms with Gasteiger partial charge in [-0.1, -0.05) is 25.1 Å². The molecule has 1 atom stereocenters. The summed E-state index contributed by atoms with van der Waals surface area (Å²) in [6.07, 6.45) is -1.53. The number of ketones is 1. The van der Waals surface area contributed by atoms with E-state index in [2.05, 4.69) is 11.3 Å². The van der Waals surface area contributed by atoms with Crippen molar-refractivity contribution < 1.29 is 24.2 Å².